The first kappa shape index (κ1) is 15.9. The zero-order chi connectivity index (χ0) is 13.8. The third-order valence-corrected chi connectivity index (χ3v) is 5.83. The van der Waals surface area contributed by atoms with Gasteiger partial charge in [0.25, 0.3) is 10.2 Å². The molecule has 5 nitrogen and oxygen atoms in total. The predicted octanol–water partition coefficient (Wildman–Crippen LogP) is 1.02. The summed E-state index contributed by atoms with van der Waals surface area (Å²) in [5.74, 6) is 0.194. The van der Waals surface area contributed by atoms with Crippen LogP contribution in [0.4, 0.5) is 0 Å². The maximum Gasteiger partial charge on any atom is 0.282 e. The highest BCUT2D eigenvalue weighted by atomic mass is 32.2. The van der Waals surface area contributed by atoms with Crippen LogP contribution in [0.3, 0.4) is 0 Å². The van der Waals surface area contributed by atoms with E-state index in [9.17, 15) is 8.42 Å². The van der Waals surface area contributed by atoms with E-state index in [4.69, 9.17) is 5.73 Å². The topological polar surface area (TPSA) is 66.6 Å². The van der Waals surface area contributed by atoms with Crippen molar-refractivity contribution in [2.45, 2.75) is 46.1 Å². The Balaban J connectivity index is 2.81. The number of rotatable bonds is 6. The van der Waals surface area contributed by atoms with Gasteiger partial charge in [0, 0.05) is 25.7 Å². The molecule has 2 atom stereocenters. The summed E-state index contributed by atoms with van der Waals surface area (Å²) in [6, 6.07) is 0.117. The predicted molar refractivity (Wildman–Crippen MR) is 74.4 cm³/mol. The minimum Gasteiger partial charge on any atom is -0.330 e. The Morgan fingerprint density at radius 1 is 1.44 bits per heavy atom. The minimum absolute atomic E-state index is 0.117. The Bertz CT molecular complexity index is 345. The van der Waals surface area contributed by atoms with Crippen LogP contribution in [0.1, 0.15) is 40.0 Å². The zero-order valence-corrected chi connectivity index (χ0v) is 12.6. The number of hydrogen-bond donors (Lipinski definition) is 1. The standard InChI is InChI=1S/C12H27N3O2S/c1-4-14(10-11(2)9-13)18(16,17)15-8-6-5-7-12(15)3/h11-12H,4-10,13H2,1-3H3. The van der Waals surface area contributed by atoms with Crippen molar-refractivity contribution in [2.24, 2.45) is 11.7 Å². The Kier molecular flexibility index (Phi) is 6.04. The molecule has 0 saturated carbocycles. The largest absolute Gasteiger partial charge is 0.330 e. The second-order valence-corrected chi connectivity index (χ2v) is 7.14. The van der Waals surface area contributed by atoms with Crippen molar-refractivity contribution in [3.8, 4) is 0 Å². The van der Waals surface area contributed by atoms with E-state index < -0.39 is 10.2 Å². The van der Waals surface area contributed by atoms with Crippen LogP contribution >= 0.6 is 0 Å². The maximum absolute atomic E-state index is 12.6. The van der Waals surface area contributed by atoms with Crippen molar-refractivity contribution in [1.82, 2.24) is 8.61 Å². The van der Waals surface area contributed by atoms with Crippen LogP contribution < -0.4 is 5.73 Å². The molecule has 0 amide bonds. The molecule has 1 aliphatic rings. The summed E-state index contributed by atoms with van der Waals surface area (Å²) in [4.78, 5) is 0. The van der Waals surface area contributed by atoms with Gasteiger partial charge in [0.15, 0.2) is 0 Å². The maximum atomic E-state index is 12.6. The van der Waals surface area contributed by atoms with Gasteiger partial charge in [-0.25, -0.2) is 0 Å². The summed E-state index contributed by atoms with van der Waals surface area (Å²) in [6.45, 7) is 8.05. The molecule has 0 spiro atoms. The molecule has 108 valence electrons. The molecule has 0 bridgehead atoms. The molecule has 0 aromatic heterocycles. The Labute approximate surface area is 112 Å². The van der Waals surface area contributed by atoms with Crippen molar-refractivity contribution in [1.29, 1.82) is 0 Å². The molecule has 0 aromatic rings. The highest BCUT2D eigenvalue weighted by molar-refractivity contribution is 7.86. The molecule has 1 rings (SSSR count). The van der Waals surface area contributed by atoms with Crippen molar-refractivity contribution < 1.29 is 8.42 Å². The summed E-state index contributed by atoms with van der Waals surface area (Å²) < 4.78 is 28.4. The highest BCUT2D eigenvalue weighted by Gasteiger charge is 2.34. The van der Waals surface area contributed by atoms with Gasteiger partial charge < -0.3 is 5.73 Å². The SMILES string of the molecule is CCN(CC(C)CN)S(=O)(=O)N1CCCCC1C. The van der Waals surface area contributed by atoms with Crippen LogP contribution in [0.25, 0.3) is 0 Å². The molecule has 0 aromatic carbocycles. The van der Waals surface area contributed by atoms with E-state index in [0.29, 0.717) is 26.2 Å². The Morgan fingerprint density at radius 3 is 2.61 bits per heavy atom. The molecule has 1 aliphatic heterocycles. The summed E-state index contributed by atoms with van der Waals surface area (Å²) >= 11 is 0. The van der Waals surface area contributed by atoms with Gasteiger partial charge >= 0.3 is 0 Å². The van der Waals surface area contributed by atoms with Gasteiger partial charge in [-0.1, -0.05) is 20.3 Å². The average Bonchev–Trinajstić information content (AvgIpc) is 2.35. The molecule has 1 fully saturated rings. The molecular weight excluding hydrogens is 250 g/mol. The second kappa shape index (κ2) is 6.84. The number of piperidine rings is 1. The van der Waals surface area contributed by atoms with Crippen LogP contribution in [0.2, 0.25) is 0 Å². The molecule has 0 radical (unpaired) electrons. The molecule has 6 heteroatoms. The third kappa shape index (κ3) is 3.66. The first-order chi connectivity index (χ1) is 8.43. The highest BCUT2D eigenvalue weighted by Crippen LogP contribution is 2.22. The van der Waals surface area contributed by atoms with Crippen LogP contribution in [0.15, 0.2) is 0 Å². The van der Waals surface area contributed by atoms with Crippen molar-refractivity contribution in [3.05, 3.63) is 0 Å². The lowest BCUT2D eigenvalue weighted by molar-refractivity contribution is 0.240. The number of nitrogens with two attached hydrogens (primary N) is 1. The summed E-state index contributed by atoms with van der Waals surface area (Å²) in [6.07, 6.45) is 3.05. The lowest BCUT2D eigenvalue weighted by Gasteiger charge is -2.36. The van der Waals surface area contributed by atoms with Crippen LogP contribution in [0.5, 0.6) is 0 Å². The van der Waals surface area contributed by atoms with Crippen LogP contribution in [-0.4, -0.2) is 49.2 Å². The molecule has 2 unspecified atom stereocenters. The van der Waals surface area contributed by atoms with Crippen molar-refractivity contribution in [3.63, 3.8) is 0 Å². The van der Waals surface area contributed by atoms with E-state index in [1.807, 2.05) is 20.8 Å². The Hall–Kier alpha value is -0.170. The molecule has 1 heterocycles. The lowest BCUT2D eigenvalue weighted by Crippen LogP contribution is -2.50. The van der Waals surface area contributed by atoms with Gasteiger partial charge in [-0.05, 0) is 32.2 Å². The molecule has 2 N–H and O–H groups in total. The zero-order valence-electron chi connectivity index (χ0n) is 11.8. The van der Waals surface area contributed by atoms with E-state index in [-0.39, 0.29) is 12.0 Å². The molecule has 18 heavy (non-hydrogen) atoms. The van der Waals surface area contributed by atoms with E-state index in [0.717, 1.165) is 19.3 Å². The Morgan fingerprint density at radius 2 is 2.11 bits per heavy atom. The first-order valence-corrected chi connectivity index (χ1v) is 8.30. The quantitative estimate of drug-likeness (QED) is 0.788. The minimum atomic E-state index is -3.32. The molecular formula is C12H27N3O2S. The summed E-state index contributed by atoms with van der Waals surface area (Å²) in [7, 11) is -3.32. The van der Waals surface area contributed by atoms with Crippen molar-refractivity contribution >= 4 is 10.2 Å². The van der Waals surface area contributed by atoms with E-state index in [1.165, 1.54) is 0 Å². The fourth-order valence-electron chi connectivity index (χ4n) is 2.37. The van der Waals surface area contributed by atoms with E-state index in [1.54, 1.807) is 8.61 Å². The fourth-order valence-corrected chi connectivity index (χ4v) is 4.36. The third-order valence-electron chi connectivity index (χ3n) is 3.64. The normalized spacial score (nSPS) is 24.4. The fraction of sp³-hybridized carbons (Fsp3) is 1.00. The summed E-state index contributed by atoms with van der Waals surface area (Å²) in [5, 5.41) is 0. The smallest absolute Gasteiger partial charge is 0.282 e. The molecule has 1 saturated heterocycles. The van der Waals surface area contributed by atoms with E-state index >= 15 is 0 Å². The number of nitrogens with zero attached hydrogens (tertiary/aromatic N) is 2. The first-order valence-electron chi connectivity index (χ1n) is 6.90. The average molecular weight is 277 g/mol. The van der Waals surface area contributed by atoms with Crippen LogP contribution in [0, 0.1) is 5.92 Å². The summed E-state index contributed by atoms with van der Waals surface area (Å²) in [5.41, 5.74) is 5.59. The van der Waals surface area contributed by atoms with Gasteiger partial charge in [-0.3, -0.25) is 0 Å². The van der Waals surface area contributed by atoms with Crippen molar-refractivity contribution in [2.75, 3.05) is 26.2 Å². The van der Waals surface area contributed by atoms with Gasteiger partial charge in [0.05, 0.1) is 0 Å². The molecule has 0 aliphatic carbocycles. The van der Waals surface area contributed by atoms with Gasteiger partial charge in [-0.2, -0.15) is 17.0 Å². The van der Waals surface area contributed by atoms with E-state index in [2.05, 4.69) is 0 Å². The van der Waals surface area contributed by atoms with Gasteiger partial charge in [-0.15, -0.1) is 0 Å². The number of hydrogen-bond acceptors (Lipinski definition) is 3. The van der Waals surface area contributed by atoms with Crippen LogP contribution in [-0.2, 0) is 10.2 Å². The monoisotopic (exact) mass is 277 g/mol. The van der Waals surface area contributed by atoms with Gasteiger partial charge in [0.1, 0.15) is 0 Å². The second-order valence-electron chi connectivity index (χ2n) is 5.25. The lowest BCUT2D eigenvalue weighted by atomic mass is 10.1. The van der Waals surface area contributed by atoms with Gasteiger partial charge in [0.2, 0.25) is 0 Å².